The third-order valence-corrected chi connectivity index (χ3v) is 5.25. The van der Waals surface area contributed by atoms with E-state index in [9.17, 15) is 9.59 Å². The van der Waals surface area contributed by atoms with E-state index in [1.165, 1.54) is 23.5 Å². The lowest BCUT2D eigenvalue weighted by Gasteiger charge is -2.09. The van der Waals surface area contributed by atoms with Crippen molar-refractivity contribution in [3.63, 3.8) is 0 Å². The van der Waals surface area contributed by atoms with Gasteiger partial charge in [-0.1, -0.05) is 23.5 Å². The summed E-state index contributed by atoms with van der Waals surface area (Å²) in [5.41, 5.74) is 0. The topological polar surface area (TPSA) is 59.1 Å². The van der Waals surface area contributed by atoms with E-state index >= 15 is 0 Å². The number of thioether (sulfide) groups is 2. The number of pyridine rings is 1. The molecule has 1 aromatic heterocycles. The second kappa shape index (κ2) is 6.58. The van der Waals surface area contributed by atoms with E-state index in [2.05, 4.69) is 26.2 Å². The van der Waals surface area contributed by atoms with Crippen LogP contribution in [0.3, 0.4) is 0 Å². The first kappa shape index (κ1) is 13.9. The van der Waals surface area contributed by atoms with Crippen molar-refractivity contribution < 1.29 is 9.59 Å². The van der Waals surface area contributed by atoms with Gasteiger partial charge in [-0.2, -0.15) is 0 Å². The number of hydrogen-bond acceptors (Lipinski definition) is 5. The Morgan fingerprint density at radius 1 is 1.67 bits per heavy atom. The standard InChI is InChI=1S/C11H11BrN2O2S2/c12-7-2-1-4-13-10(7)18-6-9(15)14-8-3-5-17-11(8)16/h1-2,4,8H,3,5-6H2,(H,14,15). The summed E-state index contributed by atoms with van der Waals surface area (Å²) in [6.07, 6.45) is 2.41. The summed E-state index contributed by atoms with van der Waals surface area (Å²) in [6, 6.07) is 3.39. The first-order valence-electron chi connectivity index (χ1n) is 5.36. The summed E-state index contributed by atoms with van der Waals surface area (Å²) in [7, 11) is 0. The van der Waals surface area contributed by atoms with E-state index < -0.39 is 0 Å². The van der Waals surface area contributed by atoms with Gasteiger partial charge in [0.2, 0.25) is 11.0 Å². The zero-order chi connectivity index (χ0) is 13.0. The molecular weight excluding hydrogens is 336 g/mol. The van der Waals surface area contributed by atoms with Crippen LogP contribution in [0.1, 0.15) is 6.42 Å². The molecule has 1 amide bonds. The van der Waals surface area contributed by atoms with E-state index in [1.54, 1.807) is 6.20 Å². The minimum absolute atomic E-state index is 0.0624. The smallest absolute Gasteiger partial charge is 0.231 e. The maximum Gasteiger partial charge on any atom is 0.231 e. The third kappa shape index (κ3) is 3.73. The number of rotatable bonds is 4. The maximum atomic E-state index is 11.7. The summed E-state index contributed by atoms with van der Waals surface area (Å²) in [4.78, 5) is 27.2. The zero-order valence-electron chi connectivity index (χ0n) is 9.39. The molecule has 96 valence electrons. The van der Waals surface area contributed by atoms with Crippen molar-refractivity contribution >= 4 is 50.5 Å². The van der Waals surface area contributed by atoms with Gasteiger partial charge < -0.3 is 5.32 Å². The van der Waals surface area contributed by atoms with Crippen molar-refractivity contribution in [3.8, 4) is 0 Å². The molecule has 0 bridgehead atoms. The number of amides is 1. The normalized spacial score (nSPS) is 18.9. The van der Waals surface area contributed by atoms with E-state index in [0.29, 0.717) is 0 Å². The molecule has 7 heteroatoms. The van der Waals surface area contributed by atoms with Crippen LogP contribution in [-0.4, -0.2) is 33.6 Å². The lowest BCUT2D eigenvalue weighted by Crippen LogP contribution is -2.38. The van der Waals surface area contributed by atoms with Crippen LogP contribution in [-0.2, 0) is 9.59 Å². The molecule has 1 aromatic rings. The predicted molar refractivity (Wildman–Crippen MR) is 76.7 cm³/mol. The zero-order valence-corrected chi connectivity index (χ0v) is 12.6. The molecule has 0 radical (unpaired) electrons. The Morgan fingerprint density at radius 3 is 3.17 bits per heavy atom. The molecule has 1 unspecified atom stereocenters. The van der Waals surface area contributed by atoms with Crippen molar-refractivity contribution in [3.05, 3.63) is 22.8 Å². The lowest BCUT2D eigenvalue weighted by atomic mass is 10.2. The van der Waals surface area contributed by atoms with Crippen LogP contribution in [0, 0.1) is 0 Å². The van der Waals surface area contributed by atoms with Gasteiger partial charge in [-0.15, -0.1) is 0 Å². The molecule has 1 aliphatic rings. The lowest BCUT2D eigenvalue weighted by molar-refractivity contribution is -0.122. The van der Waals surface area contributed by atoms with Gasteiger partial charge in [-0.05, 0) is 34.5 Å². The average molecular weight is 347 g/mol. The van der Waals surface area contributed by atoms with Crippen molar-refractivity contribution in [1.82, 2.24) is 10.3 Å². The number of nitrogens with zero attached hydrogens (tertiary/aromatic N) is 1. The molecule has 0 aliphatic carbocycles. The molecule has 0 spiro atoms. The Hall–Kier alpha value is -0.530. The van der Waals surface area contributed by atoms with Crippen molar-refractivity contribution in [2.45, 2.75) is 17.5 Å². The van der Waals surface area contributed by atoms with Gasteiger partial charge in [0.25, 0.3) is 0 Å². The number of hydrogen-bond donors (Lipinski definition) is 1. The van der Waals surface area contributed by atoms with Crippen LogP contribution < -0.4 is 5.32 Å². The van der Waals surface area contributed by atoms with E-state index in [4.69, 9.17) is 0 Å². The second-order valence-corrected chi connectivity index (χ2v) is 6.57. The quantitative estimate of drug-likeness (QED) is 0.846. The molecule has 1 N–H and O–H groups in total. The molecule has 1 saturated heterocycles. The van der Waals surface area contributed by atoms with Crippen LogP contribution >= 0.6 is 39.5 Å². The summed E-state index contributed by atoms with van der Waals surface area (Å²) >= 11 is 6.01. The summed E-state index contributed by atoms with van der Waals surface area (Å²) < 4.78 is 0.871. The van der Waals surface area contributed by atoms with Crippen LogP contribution in [0.5, 0.6) is 0 Å². The first-order valence-corrected chi connectivity index (χ1v) is 8.12. The summed E-state index contributed by atoms with van der Waals surface area (Å²) in [6.45, 7) is 0. The van der Waals surface area contributed by atoms with Crippen LogP contribution in [0.15, 0.2) is 27.8 Å². The van der Waals surface area contributed by atoms with Gasteiger partial charge in [0.15, 0.2) is 0 Å². The number of carbonyl (C=O) groups excluding carboxylic acids is 2. The SMILES string of the molecule is O=C(CSc1ncccc1Br)NC1CCSC1=O. The molecule has 18 heavy (non-hydrogen) atoms. The monoisotopic (exact) mass is 346 g/mol. The van der Waals surface area contributed by atoms with Crippen LogP contribution in [0.25, 0.3) is 0 Å². The van der Waals surface area contributed by atoms with Crippen LogP contribution in [0.4, 0.5) is 0 Å². The summed E-state index contributed by atoms with van der Waals surface area (Å²) in [5, 5.41) is 3.59. The Bertz CT molecular complexity index is 470. The Balaban J connectivity index is 1.82. The maximum absolute atomic E-state index is 11.7. The van der Waals surface area contributed by atoms with Crippen molar-refractivity contribution in [2.75, 3.05) is 11.5 Å². The number of aromatic nitrogens is 1. The molecule has 2 heterocycles. The molecule has 1 atom stereocenters. The predicted octanol–water partition coefficient (Wildman–Crippen LogP) is 2.08. The molecule has 4 nitrogen and oxygen atoms in total. The fourth-order valence-corrected chi connectivity index (χ4v) is 3.70. The van der Waals surface area contributed by atoms with Crippen molar-refractivity contribution in [1.29, 1.82) is 0 Å². The van der Waals surface area contributed by atoms with Gasteiger partial charge in [0, 0.05) is 16.4 Å². The average Bonchev–Trinajstić information content (AvgIpc) is 2.74. The summed E-state index contributed by atoms with van der Waals surface area (Å²) in [5.74, 6) is 0.936. The first-order chi connectivity index (χ1) is 8.66. The van der Waals surface area contributed by atoms with Gasteiger partial charge in [-0.25, -0.2) is 4.98 Å². The molecule has 0 aromatic carbocycles. The van der Waals surface area contributed by atoms with E-state index in [1.807, 2.05) is 12.1 Å². The van der Waals surface area contributed by atoms with E-state index in [-0.39, 0.29) is 22.8 Å². The Labute approximate surface area is 122 Å². The molecule has 1 aliphatic heterocycles. The Kier molecular flexibility index (Phi) is 5.08. The fraction of sp³-hybridized carbons (Fsp3) is 0.364. The molecular formula is C11H11BrN2O2S2. The Morgan fingerprint density at radius 2 is 2.50 bits per heavy atom. The highest BCUT2D eigenvalue weighted by molar-refractivity contribution is 9.10. The number of nitrogens with one attached hydrogen (secondary N) is 1. The largest absolute Gasteiger partial charge is 0.345 e. The fourth-order valence-electron chi connectivity index (χ4n) is 1.47. The highest BCUT2D eigenvalue weighted by atomic mass is 79.9. The van der Waals surface area contributed by atoms with Gasteiger partial charge >= 0.3 is 0 Å². The van der Waals surface area contributed by atoms with Gasteiger partial charge in [-0.3, -0.25) is 9.59 Å². The van der Waals surface area contributed by atoms with E-state index in [0.717, 1.165) is 21.7 Å². The van der Waals surface area contributed by atoms with Crippen LogP contribution in [0.2, 0.25) is 0 Å². The third-order valence-electron chi connectivity index (χ3n) is 2.34. The number of carbonyl (C=O) groups is 2. The molecule has 1 fully saturated rings. The van der Waals surface area contributed by atoms with Gasteiger partial charge in [0.1, 0.15) is 5.03 Å². The second-order valence-electron chi connectivity index (χ2n) is 3.66. The van der Waals surface area contributed by atoms with Gasteiger partial charge in [0.05, 0.1) is 11.8 Å². The molecule has 2 rings (SSSR count). The highest BCUT2D eigenvalue weighted by Crippen LogP contribution is 2.24. The number of halogens is 1. The highest BCUT2D eigenvalue weighted by Gasteiger charge is 2.26. The minimum atomic E-state index is -0.310. The minimum Gasteiger partial charge on any atom is -0.345 e. The van der Waals surface area contributed by atoms with Crippen molar-refractivity contribution in [2.24, 2.45) is 0 Å². The molecule has 0 saturated carbocycles.